The molecule has 1 heterocycles. The van der Waals surface area contributed by atoms with Crippen LogP contribution in [0.5, 0.6) is 5.75 Å². The Hall–Kier alpha value is -1.16. The third-order valence-electron chi connectivity index (χ3n) is 3.43. The number of ether oxygens (including phenoxy) is 1. The molecule has 1 N–H and O–H groups in total. The van der Waals surface area contributed by atoms with E-state index in [1.807, 2.05) is 6.07 Å². The monoisotopic (exact) mass is 241 g/mol. The highest BCUT2D eigenvalue weighted by Crippen LogP contribution is 2.36. The Morgan fingerprint density at radius 3 is 2.88 bits per heavy atom. The zero-order chi connectivity index (χ0) is 12.4. The van der Waals surface area contributed by atoms with Crippen molar-refractivity contribution in [1.29, 1.82) is 0 Å². The molecule has 2 atom stereocenters. The van der Waals surface area contributed by atoms with E-state index < -0.39 is 6.61 Å². The lowest BCUT2D eigenvalue weighted by molar-refractivity contribution is -0.0508. The van der Waals surface area contributed by atoms with Crippen molar-refractivity contribution < 1.29 is 13.5 Å². The van der Waals surface area contributed by atoms with Crippen LogP contribution in [0.4, 0.5) is 8.78 Å². The van der Waals surface area contributed by atoms with Gasteiger partial charge in [0.25, 0.3) is 0 Å². The van der Waals surface area contributed by atoms with Crippen LogP contribution in [-0.4, -0.2) is 12.7 Å². The van der Waals surface area contributed by atoms with E-state index in [2.05, 4.69) is 23.9 Å². The largest absolute Gasteiger partial charge is 0.435 e. The zero-order valence-electron chi connectivity index (χ0n) is 10.0. The van der Waals surface area contributed by atoms with Gasteiger partial charge in [-0.2, -0.15) is 8.78 Å². The van der Waals surface area contributed by atoms with Gasteiger partial charge < -0.3 is 10.1 Å². The van der Waals surface area contributed by atoms with Gasteiger partial charge in [0.15, 0.2) is 0 Å². The van der Waals surface area contributed by atoms with Gasteiger partial charge >= 0.3 is 6.61 Å². The van der Waals surface area contributed by atoms with Gasteiger partial charge in [-0.05, 0) is 18.1 Å². The maximum Gasteiger partial charge on any atom is 0.387 e. The van der Waals surface area contributed by atoms with Crippen LogP contribution in [0.1, 0.15) is 37.3 Å². The molecule has 4 heteroatoms. The maximum atomic E-state index is 12.4. The smallest absolute Gasteiger partial charge is 0.387 e. The Morgan fingerprint density at radius 1 is 1.47 bits per heavy atom. The van der Waals surface area contributed by atoms with Gasteiger partial charge in [-0.15, -0.1) is 0 Å². The van der Waals surface area contributed by atoms with E-state index in [0.29, 0.717) is 11.8 Å². The molecule has 2 rings (SSSR count). The molecule has 0 amide bonds. The standard InChI is InChI=1S/C13H17F2NO/c1-3-10-8(2)12-9(7-16-10)5-4-6-11(12)17-13(14)15/h4-6,8,10,13,16H,3,7H2,1-2H3. The average Bonchev–Trinajstić information content (AvgIpc) is 2.29. The minimum absolute atomic E-state index is 0.193. The van der Waals surface area contributed by atoms with E-state index in [1.165, 1.54) is 0 Å². The summed E-state index contributed by atoms with van der Waals surface area (Å²) >= 11 is 0. The van der Waals surface area contributed by atoms with Crippen LogP contribution in [0, 0.1) is 0 Å². The second-order valence-electron chi connectivity index (χ2n) is 4.39. The van der Waals surface area contributed by atoms with Crippen LogP contribution < -0.4 is 10.1 Å². The molecule has 1 aromatic rings. The molecule has 0 spiro atoms. The lowest BCUT2D eigenvalue weighted by atomic mass is 9.84. The van der Waals surface area contributed by atoms with Crippen molar-refractivity contribution in [3.05, 3.63) is 29.3 Å². The van der Waals surface area contributed by atoms with Gasteiger partial charge in [-0.3, -0.25) is 0 Å². The van der Waals surface area contributed by atoms with E-state index in [9.17, 15) is 8.78 Å². The van der Waals surface area contributed by atoms with Gasteiger partial charge in [0.1, 0.15) is 5.75 Å². The first-order valence-electron chi connectivity index (χ1n) is 5.93. The summed E-state index contributed by atoms with van der Waals surface area (Å²) in [5.74, 6) is 0.517. The van der Waals surface area contributed by atoms with Crippen molar-refractivity contribution in [3.63, 3.8) is 0 Å². The number of halogens is 2. The Balaban J connectivity index is 2.37. The van der Waals surface area contributed by atoms with E-state index in [0.717, 1.165) is 24.1 Å². The summed E-state index contributed by atoms with van der Waals surface area (Å²) in [5.41, 5.74) is 1.98. The molecule has 1 aliphatic rings. The molecule has 0 radical (unpaired) electrons. The molecule has 1 aliphatic heterocycles. The van der Waals surface area contributed by atoms with Gasteiger partial charge in [-0.1, -0.05) is 26.0 Å². The molecule has 2 unspecified atom stereocenters. The molecule has 2 nitrogen and oxygen atoms in total. The number of rotatable bonds is 3. The number of benzene rings is 1. The molecule has 0 saturated carbocycles. The van der Waals surface area contributed by atoms with Crippen LogP contribution in [0.15, 0.2) is 18.2 Å². The Kier molecular flexibility index (Phi) is 3.62. The molecule has 17 heavy (non-hydrogen) atoms. The first-order chi connectivity index (χ1) is 8.13. The Labute approximate surface area is 100.0 Å². The number of alkyl halides is 2. The number of nitrogens with one attached hydrogen (secondary N) is 1. The molecule has 0 aliphatic carbocycles. The fourth-order valence-corrected chi connectivity index (χ4v) is 2.58. The fourth-order valence-electron chi connectivity index (χ4n) is 2.58. The van der Waals surface area contributed by atoms with Crippen LogP contribution in [-0.2, 0) is 6.54 Å². The predicted octanol–water partition coefficient (Wildman–Crippen LogP) is 3.27. The highest BCUT2D eigenvalue weighted by molar-refractivity contribution is 5.44. The quantitative estimate of drug-likeness (QED) is 0.877. The molecule has 0 aromatic heterocycles. The predicted molar refractivity (Wildman–Crippen MR) is 62.4 cm³/mol. The van der Waals surface area contributed by atoms with Crippen molar-refractivity contribution >= 4 is 0 Å². The second-order valence-corrected chi connectivity index (χ2v) is 4.39. The molecule has 1 aromatic carbocycles. The SMILES string of the molecule is CCC1NCc2cccc(OC(F)F)c2C1C. The first-order valence-corrected chi connectivity index (χ1v) is 5.93. The summed E-state index contributed by atoms with van der Waals surface area (Å²) in [5, 5.41) is 3.41. The fraction of sp³-hybridized carbons (Fsp3) is 0.538. The van der Waals surface area contributed by atoms with Gasteiger partial charge in [0.05, 0.1) is 0 Å². The van der Waals surface area contributed by atoms with Crippen molar-refractivity contribution in [2.75, 3.05) is 0 Å². The third-order valence-corrected chi connectivity index (χ3v) is 3.43. The lowest BCUT2D eigenvalue weighted by Crippen LogP contribution is -2.38. The normalized spacial score (nSPS) is 23.6. The van der Waals surface area contributed by atoms with Crippen molar-refractivity contribution in [2.45, 2.75) is 45.4 Å². The summed E-state index contributed by atoms with van der Waals surface area (Å²) in [4.78, 5) is 0. The number of hydrogen-bond acceptors (Lipinski definition) is 2. The van der Waals surface area contributed by atoms with Crippen LogP contribution in [0.2, 0.25) is 0 Å². The highest BCUT2D eigenvalue weighted by atomic mass is 19.3. The summed E-state index contributed by atoms with van der Waals surface area (Å²) in [7, 11) is 0. The Morgan fingerprint density at radius 2 is 2.24 bits per heavy atom. The van der Waals surface area contributed by atoms with Gasteiger partial charge in [0, 0.05) is 24.1 Å². The molecule has 0 fully saturated rings. The maximum absolute atomic E-state index is 12.4. The molecule has 94 valence electrons. The van der Waals surface area contributed by atoms with Crippen LogP contribution >= 0.6 is 0 Å². The lowest BCUT2D eigenvalue weighted by Gasteiger charge is -2.33. The molecular weight excluding hydrogens is 224 g/mol. The van der Waals surface area contributed by atoms with Gasteiger partial charge in [0.2, 0.25) is 0 Å². The van der Waals surface area contributed by atoms with Crippen LogP contribution in [0.3, 0.4) is 0 Å². The number of fused-ring (bicyclic) bond motifs is 1. The van der Waals surface area contributed by atoms with Crippen molar-refractivity contribution in [3.8, 4) is 5.75 Å². The molecule has 0 bridgehead atoms. The molecular formula is C13H17F2NO. The van der Waals surface area contributed by atoms with E-state index in [1.54, 1.807) is 12.1 Å². The summed E-state index contributed by atoms with van der Waals surface area (Å²) in [6.45, 7) is 2.11. The van der Waals surface area contributed by atoms with Crippen molar-refractivity contribution in [1.82, 2.24) is 5.32 Å². The average molecular weight is 241 g/mol. The van der Waals surface area contributed by atoms with Gasteiger partial charge in [-0.25, -0.2) is 0 Å². The molecule has 0 saturated heterocycles. The van der Waals surface area contributed by atoms with E-state index in [4.69, 9.17) is 0 Å². The zero-order valence-corrected chi connectivity index (χ0v) is 10.0. The Bertz CT molecular complexity index is 395. The first kappa shape index (κ1) is 12.3. The minimum atomic E-state index is -2.76. The van der Waals surface area contributed by atoms with Crippen LogP contribution in [0.25, 0.3) is 0 Å². The van der Waals surface area contributed by atoms with E-state index >= 15 is 0 Å². The summed E-state index contributed by atoms with van der Waals surface area (Å²) in [6, 6.07) is 5.67. The third kappa shape index (κ3) is 2.41. The topological polar surface area (TPSA) is 21.3 Å². The number of hydrogen-bond donors (Lipinski definition) is 1. The van der Waals surface area contributed by atoms with E-state index in [-0.39, 0.29) is 5.92 Å². The minimum Gasteiger partial charge on any atom is -0.435 e. The van der Waals surface area contributed by atoms with Crippen molar-refractivity contribution in [2.24, 2.45) is 0 Å². The summed E-state index contributed by atoms with van der Waals surface area (Å²) < 4.78 is 29.3. The second kappa shape index (κ2) is 5.00. The summed E-state index contributed by atoms with van der Waals surface area (Å²) in [6.07, 6.45) is 0.976. The highest BCUT2D eigenvalue weighted by Gasteiger charge is 2.28.